The van der Waals surface area contributed by atoms with Crippen molar-refractivity contribution >= 4 is 23.6 Å². The average molecular weight is 422 g/mol. The van der Waals surface area contributed by atoms with Gasteiger partial charge in [-0.25, -0.2) is 4.79 Å². The number of ether oxygens (including phenoxy) is 2. The zero-order valence-electron chi connectivity index (χ0n) is 16.8. The summed E-state index contributed by atoms with van der Waals surface area (Å²) < 4.78 is 10.5. The van der Waals surface area contributed by atoms with E-state index in [0.29, 0.717) is 5.75 Å². The molecule has 5 nitrogen and oxygen atoms in total. The van der Waals surface area contributed by atoms with Gasteiger partial charge in [0.15, 0.2) is 6.61 Å². The molecule has 0 aliphatic carbocycles. The van der Waals surface area contributed by atoms with Crippen molar-refractivity contribution in [1.82, 2.24) is 5.32 Å². The summed E-state index contributed by atoms with van der Waals surface area (Å²) in [6.07, 6.45) is 1.94. The van der Waals surface area contributed by atoms with E-state index in [0.717, 1.165) is 16.0 Å². The van der Waals surface area contributed by atoms with Crippen molar-refractivity contribution in [3.05, 3.63) is 95.6 Å². The Bertz CT molecular complexity index is 953. The van der Waals surface area contributed by atoms with E-state index in [1.54, 1.807) is 23.9 Å². The van der Waals surface area contributed by atoms with Gasteiger partial charge in [0.1, 0.15) is 11.3 Å². The Morgan fingerprint density at radius 2 is 1.53 bits per heavy atom. The average Bonchev–Trinajstić information content (AvgIpc) is 2.81. The normalized spacial score (nSPS) is 10.5. The number of carbonyl (C=O) groups excluding carboxylic acids is 2. The van der Waals surface area contributed by atoms with Crippen LogP contribution in [0.3, 0.4) is 0 Å². The molecule has 1 amide bonds. The predicted octanol–water partition coefficient (Wildman–Crippen LogP) is 4.48. The number of hydrogen-bond donors (Lipinski definition) is 1. The SMILES string of the molecule is COc1cc(SC)ccc1C(=O)OCC(=O)NC(c1ccccc1)c1ccccc1. The molecule has 3 aromatic carbocycles. The van der Waals surface area contributed by atoms with Crippen LogP contribution in [0.4, 0.5) is 0 Å². The van der Waals surface area contributed by atoms with Gasteiger partial charge >= 0.3 is 5.97 Å². The van der Waals surface area contributed by atoms with Crippen molar-refractivity contribution in [2.24, 2.45) is 0 Å². The molecule has 154 valence electrons. The number of nitrogens with one attached hydrogen (secondary N) is 1. The lowest BCUT2D eigenvalue weighted by Gasteiger charge is -2.20. The van der Waals surface area contributed by atoms with Gasteiger partial charge in [-0.2, -0.15) is 0 Å². The number of amides is 1. The van der Waals surface area contributed by atoms with Crippen molar-refractivity contribution in [1.29, 1.82) is 0 Å². The molecule has 6 heteroatoms. The van der Waals surface area contributed by atoms with Crippen LogP contribution in [0.25, 0.3) is 0 Å². The van der Waals surface area contributed by atoms with Crippen LogP contribution >= 0.6 is 11.8 Å². The van der Waals surface area contributed by atoms with Gasteiger partial charge < -0.3 is 14.8 Å². The molecule has 3 rings (SSSR count). The summed E-state index contributed by atoms with van der Waals surface area (Å²) in [6, 6.07) is 24.2. The highest BCUT2D eigenvalue weighted by Gasteiger charge is 2.19. The Labute approximate surface area is 180 Å². The van der Waals surface area contributed by atoms with Crippen LogP contribution < -0.4 is 10.1 Å². The second kappa shape index (κ2) is 10.5. The fourth-order valence-electron chi connectivity index (χ4n) is 3.03. The van der Waals surface area contributed by atoms with Gasteiger partial charge in [-0.3, -0.25) is 4.79 Å². The van der Waals surface area contributed by atoms with Gasteiger partial charge in [-0.15, -0.1) is 11.8 Å². The topological polar surface area (TPSA) is 64.6 Å². The van der Waals surface area contributed by atoms with E-state index in [-0.39, 0.29) is 24.1 Å². The molecule has 0 atom stereocenters. The first-order chi connectivity index (χ1) is 14.6. The number of carbonyl (C=O) groups is 2. The van der Waals surface area contributed by atoms with E-state index < -0.39 is 5.97 Å². The van der Waals surface area contributed by atoms with Crippen LogP contribution in [0.15, 0.2) is 83.8 Å². The second-order valence-electron chi connectivity index (χ2n) is 6.46. The van der Waals surface area contributed by atoms with Gasteiger partial charge in [-0.05, 0) is 35.6 Å². The monoisotopic (exact) mass is 421 g/mol. The highest BCUT2D eigenvalue weighted by molar-refractivity contribution is 7.98. The molecule has 0 fully saturated rings. The minimum atomic E-state index is -0.606. The van der Waals surface area contributed by atoms with Crippen LogP contribution in [-0.4, -0.2) is 31.8 Å². The second-order valence-corrected chi connectivity index (χ2v) is 7.34. The van der Waals surface area contributed by atoms with E-state index in [1.807, 2.05) is 73.0 Å². The summed E-state index contributed by atoms with van der Waals surface area (Å²) in [6.45, 7) is -0.386. The number of benzene rings is 3. The Balaban J connectivity index is 1.68. The standard InChI is InChI=1S/C24H23NO4S/c1-28-21-15-19(30-2)13-14-20(21)24(27)29-16-22(26)25-23(17-9-5-3-6-10-17)18-11-7-4-8-12-18/h3-15,23H,16H2,1-2H3,(H,25,26). The van der Waals surface area contributed by atoms with Gasteiger partial charge in [0.05, 0.1) is 13.2 Å². The van der Waals surface area contributed by atoms with Crippen LogP contribution in [0.5, 0.6) is 5.75 Å². The van der Waals surface area contributed by atoms with E-state index in [2.05, 4.69) is 5.32 Å². The van der Waals surface area contributed by atoms with Gasteiger partial charge in [-0.1, -0.05) is 60.7 Å². The van der Waals surface area contributed by atoms with Crippen molar-refractivity contribution < 1.29 is 19.1 Å². The highest BCUT2D eigenvalue weighted by atomic mass is 32.2. The molecule has 0 saturated carbocycles. The number of thioether (sulfide) groups is 1. The summed E-state index contributed by atoms with van der Waals surface area (Å²) in [5.74, 6) is -0.579. The highest BCUT2D eigenvalue weighted by Crippen LogP contribution is 2.26. The molecular weight excluding hydrogens is 398 g/mol. The van der Waals surface area contributed by atoms with E-state index in [1.165, 1.54) is 7.11 Å². The number of methoxy groups -OCH3 is 1. The zero-order valence-corrected chi connectivity index (χ0v) is 17.6. The Morgan fingerprint density at radius 3 is 2.07 bits per heavy atom. The Hall–Kier alpha value is -3.25. The molecular formula is C24H23NO4S. The smallest absolute Gasteiger partial charge is 0.342 e. The third-order valence-corrected chi connectivity index (χ3v) is 5.26. The molecule has 0 aromatic heterocycles. The van der Waals surface area contributed by atoms with Crippen molar-refractivity contribution in [3.63, 3.8) is 0 Å². The van der Waals surface area contributed by atoms with Gasteiger partial charge in [0.25, 0.3) is 5.91 Å². The summed E-state index contributed by atoms with van der Waals surface area (Å²) >= 11 is 1.54. The fraction of sp³-hybridized carbons (Fsp3) is 0.167. The maximum atomic E-state index is 12.6. The molecule has 0 saturated heterocycles. The van der Waals surface area contributed by atoms with E-state index in [4.69, 9.17) is 9.47 Å². The molecule has 3 aromatic rings. The predicted molar refractivity (Wildman–Crippen MR) is 118 cm³/mol. The summed E-state index contributed by atoms with van der Waals surface area (Å²) in [5.41, 5.74) is 2.17. The first-order valence-electron chi connectivity index (χ1n) is 9.40. The van der Waals surface area contributed by atoms with Crippen LogP contribution in [0.2, 0.25) is 0 Å². The van der Waals surface area contributed by atoms with E-state index >= 15 is 0 Å². The molecule has 0 spiro atoms. The molecule has 0 unspecified atom stereocenters. The zero-order chi connectivity index (χ0) is 21.3. The largest absolute Gasteiger partial charge is 0.496 e. The minimum Gasteiger partial charge on any atom is -0.496 e. The molecule has 0 heterocycles. The van der Waals surface area contributed by atoms with E-state index in [9.17, 15) is 9.59 Å². The van der Waals surface area contributed by atoms with Gasteiger partial charge in [0.2, 0.25) is 0 Å². The summed E-state index contributed by atoms with van der Waals surface area (Å²) in [7, 11) is 1.49. The van der Waals surface area contributed by atoms with Crippen LogP contribution in [0, 0.1) is 0 Å². The molecule has 0 bridgehead atoms. The molecule has 1 N–H and O–H groups in total. The molecule has 0 aliphatic heterocycles. The fourth-order valence-corrected chi connectivity index (χ4v) is 3.46. The third-order valence-electron chi connectivity index (χ3n) is 4.53. The van der Waals surface area contributed by atoms with Crippen molar-refractivity contribution in [2.75, 3.05) is 20.0 Å². The third kappa shape index (κ3) is 5.42. The quantitative estimate of drug-likeness (QED) is 0.429. The maximum absolute atomic E-state index is 12.6. The summed E-state index contributed by atoms with van der Waals surface area (Å²) in [4.78, 5) is 26.0. The first-order valence-corrected chi connectivity index (χ1v) is 10.6. The first kappa shape index (κ1) is 21.5. The molecule has 0 radical (unpaired) electrons. The minimum absolute atomic E-state index is 0.283. The number of esters is 1. The molecule has 0 aliphatic rings. The molecule has 30 heavy (non-hydrogen) atoms. The lowest BCUT2D eigenvalue weighted by molar-refractivity contribution is -0.124. The number of hydrogen-bond acceptors (Lipinski definition) is 5. The van der Waals surface area contributed by atoms with Crippen molar-refractivity contribution in [2.45, 2.75) is 10.9 Å². The Morgan fingerprint density at radius 1 is 0.933 bits per heavy atom. The lowest BCUT2D eigenvalue weighted by Crippen LogP contribution is -2.33. The van der Waals surface area contributed by atoms with Crippen LogP contribution in [0.1, 0.15) is 27.5 Å². The van der Waals surface area contributed by atoms with Crippen LogP contribution in [-0.2, 0) is 9.53 Å². The number of rotatable bonds is 8. The van der Waals surface area contributed by atoms with Crippen molar-refractivity contribution in [3.8, 4) is 5.75 Å². The van der Waals surface area contributed by atoms with Gasteiger partial charge in [0, 0.05) is 4.90 Å². The lowest BCUT2D eigenvalue weighted by atomic mass is 9.99. The summed E-state index contributed by atoms with van der Waals surface area (Å²) in [5, 5.41) is 2.95. The Kier molecular flexibility index (Phi) is 7.51. The maximum Gasteiger partial charge on any atom is 0.342 e.